The van der Waals surface area contributed by atoms with Gasteiger partial charge in [0.05, 0.1) is 23.3 Å². The fourth-order valence-corrected chi connectivity index (χ4v) is 3.87. The van der Waals surface area contributed by atoms with E-state index in [4.69, 9.17) is 10.5 Å². The molecule has 35 heavy (non-hydrogen) atoms. The van der Waals surface area contributed by atoms with Gasteiger partial charge in [0.2, 0.25) is 5.91 Å². The van der Waals surface area contributed by atoms with Crippen LogP contribution in [0.25, 0.3) is 11.0 Å². The topological polar surface area (TPSA) is 128 Å². The Kier molecular flexibility index (Phi) is 7.74. The first-order valence-electron chi connectivity index (χ1n) is 11.3. The van der Waals surface area contributed by atoms with Crippen molar-refractivity contribution in [3.8, 4) is 0 Å². The summed E-state index contributed by atoms with van der Waals surface area (Å²) in [5.41, 5.74) is 8.44. The molecule has 3 atom stereocenters. The molecule has 0 bridgehead atoms. The number of carbonyl (C=O) groups is 2. The third-order valence-electron chi connectivity index (χ3n) is 5.74. The highest BCUT2D eigenvalue weighted by Gasteiger charge is 2.30. The quantitative estimate of drug-likeness (QED) is 0.341. The predicted molar refractivity (Wildman–Crippen MR) is 130 cm³/mol. The van der Waals surface area contributed by atoms with E-state index in [0.717, 1.165) is 5.56 Å². The van der Waals surface area contributed by atoms with Crippen LogP contribution in [0.4, 0.5) is 0 Å². The summed E-state index contributed by atoms with van der Waals surface area (Å²) < 4.78 is 5.72. The molecule has 8 heteroatoms. The number of aromatic nitrogens is 3. The van der Waals surface area contributed by atoms with Crippen LogP contribution in [0.5, 0.6) is 0 Å². The van der Waals surface area contributed by atoms with Gasteiger partial charge in [-0.25, -0.2) is 9.78 Å². The number of aliphatic hydroxyl groups is 1. The molecule has 1 amide bonds. The van der Waals surface area contributed by atoms with E-state index in [9.17, 15) is 14.7 Å². The maximum atomic E-state index is 13.0. The van der Waals surface area contributed by atoms with Crippen molar-refractivity contribution in [2.75, 3.05) is 0 Å². The highest BCUT2D eigenvalue weighted by molar-refractivity contribution is 5.89. The number of hydrogen-bond donors (Lipinski definition) is 2. The van der Waals surface area contributed by atoms with Crippen LogP contribution >= 0.6 is 0 Å². The van der Waals surface area contributed by atoms with Crippen LogP contribution in [0.2, 0.25) is 0 Å². The summed E-state index contributed by atoms with van der Waals surface area (Å²) in [6.07, 6.45) is 1.45. The lowest BCUT2D eigenvalue weighted by molar-refractivity contribution is -0.123. The van der Waals surface area contributed by atoms with E-state index in [-0.39, 0.29) is 25.0 Å². The molecule has 2 aromatic heterocycles. The molecule has 2 aromatic carbocycles. The van der Waals surface area contributed by atoms with E-state index < -0.39 is 30.0 Å². The molecule has 0 aliphatic heterocycles. The molecule has 0 saturated heterocycles. The molecular formula is C27H26N4O4. The molecule has 0 unspecified atom stereocenters. The standard InChI is InChI=1S/C27H26N4O4/c28-26(33)19(15-20-10-6-7-13-29-20)16-24(32)25(14-18-8-2-1-3-9-18)35-27(34)23-17-30-21-11-4-5-12-22(21)31-23/h1-13,17,19,24-25,32H,14-16H2,(H2,28,33)/t19-,24+,25+/m1/s1. The minimum atomic E-state index is -1.14. The summed E-state index contributed by atoms with van der Waals surface area (Å²) in [7, 11) is 0. The van der Waals surface area contributed by atoms with Gasteiger partial charge in [-0.3, -0.25) is 14.8 Å². The summed E-state index contributed by atoms with van der Waals surface area (Å²) in [6, 6.07) is 21.9. The number of para-hydroxylation sites is 2. The average Bonchev–Trinajstić information content (AvgIpc) is 2.88. The van der Waals surface area contributed by atoms with Gasteiger partial charge in [-0.2, -0.15) is 0 Å². The summed E-state index contributed by atoms with van der Waals surface area (Å²) in [4.78, 5) is 38.0. The molecule has 0 spiro atoms. The molecule has 3 N–H and O–H groups in total. The highest BCUT2D eigenvalue weighted by atomic mass is 16.6. The van der Waals surface area contributed by atoms with Gasteiger partial charge in [0.15, 0.2) is 5.69 Å². The van der Waals surface area contributed by atoms with Gasteiger partial charge in [0.25, 0.3) is 0 Å². The second-order valence-electron chi connectivity index (χ2n) is 8.30. The van der Waals surface area contributed by atoms with E-state index in [2.05, 4.69) is 15.0 Å². The second kappa shape index (κ2) is 11.3. The number of rotatable bonds is 10. The Bertz CT molecular complexity index is 1280. The number of aliphatic hydroxyl groups excluding tert-OH is 1. The van der Waals surface area contributed by atoms with Gasteiger partial charge in [-0.15, -0.1) is 0 Å². The van der Waals surface area contributed by atoms with E-state index >= 15 is 0 Å². The minimum absolute atomic E-state index is 0.0140. The van der Waals surface area contributed by atoms with Gasteiger partial charge in [0, 0.05) is 30.7 Å². The Morgan fingerprint density at radius 3 is 2.31 bits per heavy atom. The number of nitrogens with zero attached hydrogens (tertiary/aromatic N) is 3. The molecule has 2 heterocycles. The molecule has 0 fully saturated rings. The number of carbonyl (C=O) groups excluding carboxylic acids is 2. The monoisotopic (exact) mass is 470 g/mol. The molecule has 4 rings (SSSR count). The fourth-order valence-electron chi connectivity index (χ4n) is 3.87. The number of pyridine rings is 1. The van der Waals surface area contributed by atoms with E-state index in [1.807, 2.05) is 42.5 Å². The molecule has 8 nitrogen and oxygen atoms in total. The van der Waals surface area contributed by atoms with Crippen molar-refractivity contribution < 1.29 is 19.4 Å². The largest absolute Gasteiger partial charge is 0.454 e. The van der Waals surface area contributed by atoms with Gasteiger partial charge >= 0.3 is 5.97 Å². The summed E-state index contributed by atoms with van der Waals surface area (Å²) >= 11 is 0. The van der Waals surface area contributed by atoms with Crippen molar-refractivity contribution in [3.63, 3.8) is 0 Å². The highest BCUT2D eigenvalue weighted by Crippen LogP contribution is 2.20. The lowest BCUT2D eigenvalue weighted by Crippen LogP contribution is -2.38. The Hall–Kier alpha value is -4.17. The van der Waals surface area contributed by atoms with Crippen molar-refractivity contribution in [2.45, 2.75) is 31.5 Å². The zero-order valence-corrected chi connectivity index (χ0v) is 19.0. The van der Waals surface area contributed by atoms with Gasteiger partial charge in [-0.1, -0.05) is 48.5 Å². The van der Waals surface area contributed by atoms with E-state index in [0.29, 0.717) is 16.7 Å². The normalized spacial score (nSPS) is 13.6. The molecule has 4 aromatic rings. The van der Waals surface area contributed by atoms with Gasteiger partial charge in [-0.05, 0) is 36.2 Å². The first-order chi connectivity index (χ1) is 17.0. The maximum absolute atomic E-state index is 13.0. The zero-order valence-electron chi connectivity index (χ0n) is 19.0. The molecule has 0 aliphatic rings. The lowest BCUT2D eigenvalue weighted by atomic mass is 9.91. The number of hydrogen-bond acceptors (Lipinski definition) is 7. The number of benzene rings is 2. The average molecular weight is 471 g/mol. The lowest BCUT2D eigenvalue weighted by Gasteiger charge is -2.26. The zero-order chi connectivity index (χ0) is 24.6. The molecule has 0 saturated carbocycles. The molecule has 0 radical (unpaired) electrons. The van der Waals surface area contributed by atoms with Crippen molar-refractivity contribution >= 4 is 22.9 Å². The number of fused-ring (bicyclic) bond motifs is 1. The van der Waals surface area contributed by atoms with Gasteiger partial charge < -0.3 is 15.6 Å². The first kappa shape index (κ1) is 24.0. The summed E-state index contributed by atoms with van der Waals surface area (Å²) in [6.45, 7) is 0. The number of ether oxygens (including phenoxy) is 1. The van der Waals surface area contributed by atoms with Crippen LogP contribution in [-0.4, -0.2) is 44.1 Å². The molecule has 178 valence electrons. The molecular weight excluding hydrogens is 444 g/mol. The van der Waals surface area contributed by atoms with E-state index in [1.54, 1.807) is 36.5 Å². The first-order valence-corrected chi connectivity index (χ1v) is 11.3. The Balaban J connectivity index is 1.53. The van der Waals surface area contributed by atoms with Crippen LogP contribution in [0.15, 0.2) is 85.2 Å². The number of amides is 1. The van der Waals surface area contributed by atoms with Crippen LogP contribution in [0.3, 0.4) is 0 Å². The van der Waals surface area contributed by atoms with Crippen molar-refractivity contribution in [1.29, 1.82) is 0 Å². The molecule has 0 aliphatic carbocycles. The van der Waals surface area contributed by atoms with Crippen molar-refractivity contribution in [1.82, 2.24) is 15.0 Å². The van der Waals surface area contributed by atoms with Crippen LogP contribution < -0.4 is 5.73 Å². The van der Waals surface area contributed by atoms with Gasteiger partial charge in [0.1, 0.15) is 6.10 Å². The second-order valence-corrected chi connectivity index (χ2v) is 8.30. The fraction of sp³-hybridized carbons (Fsp3) is 0.222. The van der Waals surface area contributed by atoms with Crippen LogP contribution in [0.1, 0.15) is 28.2 Å². The minimum Gasteiger partial charge on any atom is -0.454 e. The SMILES string of the molecule is NC(=O)[C@H](Cc1ccccn1)C[C@H](O)[C@H](Cc1ccccc1)OC(=O)c1cnc2ccccc2n1. The Morgan fingerprint density at radius 2 is 1.60 bits per heavy atom. The maximum Gasteiger partial charge on any atom is 0.358 e. The number of primary amides is 1. The third-order valence-corrected chi connectivity index (χ3v) is 5.74. The van der Waals surface area contributed by atoms with E-state index in [1.165, 1.54) is 6.20 Å². The van der Waals surface area contributed by atoms with Crippen LogP contribution in [0, 0.1) is 5.92 Å². The third kappa shape index (κ3) is 6.45. The number of nitrogens with two attached hydrogens (primary N) is 1. The summed E-state index contributed by atoms with van der Waals surface area (Å²) in [5.74, 6) is -1.94. The van der Waals surface area contributed by atoms with Crippen LogP contribution in [-0.2, 0) is 22.4 Å². The summed E-state index contributed by atoms with van der Waals surface area (Å²) in [5, 5.41) is 11.1. The van der Waals surface area contributed by atoms with Crippen molar-refractivity contribution in [3.05, 3.63) is 102 Å². The Labute approximate surface area is 202 Å². The smallest absolute Gasteiger partial charge is 0.358 e. The Morgan fingerprint density at radius 1 is 0.886 bits per heavy atom. The van der Waals surface area contributed by atoms with Crippen molar-refractivity contribution in [2.24, 2.45) is 11.7 Å². The number of esters is 1. The predicted octanol–water partition coefficient (Wildman–Crippen LogP) is 2.89.